The molecule has 0 aliphatic heterocycles. The highest BCUT2D eigenvalue weighted by Crippen LogP contribution is 2.10. The number of carbonyl (C=O) groups is 2. The Morgan fingerprint density at radius 3 is 2.06 bits per heavy atom. The van der Waals surface area contributed by atoms with Crippen molar-refractivity contribution in [3.8, 4) is 0 Å². The van der Waals surface area contributed by atoms with Crippen molar-refractivity contribution in [3.63, 3.8) is 0 Å². The molecule has 0 saturated carbocycles. The molecule has 0 bridgehead atoms. The minimum Gasteiger partial charge on any atom is -0.299 e. The van der Waals surface area contributed by atoms with Gasteiger partial charge in [0.25, 0.3) is 0 Å². The summed E-state index contributed by atoms with van der Waals surface area (Å²) in [7, 11) is 0. The van der Waals surface area contributed by atoms with Crippen LogP contribution in [0, 0.1) is 0 Å². The van der Waals surface area contributed by atoms with E-state index in [4.69, 9.17) is 0 Å². The number of rotatable bonds is 12. The Hall–Kier alpha value is -1.18. The van der Waals surface area contributed by atoms with Crippen molar-refractivity contribution in [3.05, 3.63) is 23.8 Å². The third-order valence-electron chi connectivity index (χ3n) is 3.01. The normalized spacial score (nSPS) is 11.9. The monoisotopic (exact) mass is 250 g/mol. The maximum atomic E-state index is 10.6. The third-order valence-corrected chi connectivity index (χ3v) is 3.01. The van der Waals surface area contributed by atoms with Gasteiger partial charge in [-0.25, -0.2) is 0 Å². The molecule has 0 saturated heterocycles. The van der Waals surface area contributed by atoms with Gasteiger partial charge in [-0.1, -0.05) is 44.8 Å². The summed E-state index contributed by atoms with van der Waals surface area (Å²) in [5.74, 6) is 0. The molecule has 0 aromatic heterocycles. The molecular weight excluding hydrogens is 224 g/mol. The first-order chi connectivity index (χ1) is 8.85. The Balaban J connectivity index is 3.26. The Kier molecular flexibility index (Phi) is 13.0. The van der Waals surface area contributed by atoms with Crippen LogP contribution in [0.5, 0.6) is 0 Å². The number of hydrogen-bond donors (Lipinski definition) is 0. The van der Waals surface area contributed by atoms with Gasteiger partial charge in [-0.05, 0) is 43.8 Å². The van der Waals surface area contributed by atoms with Gasteiger partial charge < -0.3 is 0 Å². The minimum absolute atomic E-state index is 0.831. The molecule has 0 aromatic rings. The van der Waals surface area contributed by atoms with Crippen LogP contribution in [0.1, 0.15) is 64.7 Å². The van der Waals surface area contributed by atoms with Crippen LogP contribution in [0.2, 0.25) is 0 Å². The maximum Gasteiger partial charge on any atom is 0.145 e. The molecule has 0 spiro atoms. The van der Waals surface area contributed by atoms with E-state index in [9.17, 15) is 9.59 Å². The highest BCUT2D eigenvalue weighted by molar-refractivity contribution is 5.72. The summed E-state index contributed by atoms with van der Waals surface area (Å²) in [6.45, 7) is 2.01. The molecule has 18 heavy (non-hydrogen) atoms. The molecule has 0 unspecified atom stereocenters. The second-order valence-corrected chi connectivity index (χ2v) is 4.51. The average Bonchev–Trinajstić information content (AvgIpc) is 2.40. The van der Waals surface area contributed by atoms with Crippen LogP contribution in [0.3, 0.4) is 0 Å². The van der Waals surface area contributed by atoms with Gasteiger partial charge in [0.1, 0.15) is 12.6 Å². The number of hydrogen-bond acceptors (Lipinski definition) is 2. The van der Waals surface area contributed by atoms with E-state index < -0.39 is 0 Å². The first kappa shape index (κ1) is 16.8. The molecular formula is C16H26O2. The van der Waals surface area contributed by atoms with Gasteiger partial charge in [0.2, 0.25) is 0 Å². The molecule has 0 radical (unpaired) electrons. The number of carbonyl (C=O) groups excluding carboxylic acids is 2. The molecule has 0 fully saturated rings. The van der Waals surface area contributed by atoms with Crippen LogP contribution in [-0.2, 0) is 9.59 Å². The molecule has 0 rings (SSSR count). The van der Waals surface area contributed by atoms with E-state index in [1.807, 2.05) is 13.0 Å². The molecule has 0 amide bonds. The molecule has 0 N–H and O–H groups in total. The lowest BCUT2D eigenvalue weighted by Gasteiger charge is -2.00. The molecule has 102 valence electrons. The first-order valence-corrected chi connectivity index (χ1v) is 7.09. The van der Waals surface area contributed by atoms with E-state index in [1.54, 1.807) is 6.08 Å². The van der Waals surface area contributed by atoms with Crippen molar-refractivity contribution < 1.29 is 9.59 Å². The number of aldehydes is 2. The fourth-order valence-electron chi connectivity index (χ4n) is 1.83. The summed E-state index contributed by atoms with van der Waals surface area (Å²) in [6.07, 6.45) is 17.7. The molecule has 0 atom stereocenters. The van der Waals surface area contributed by atoms with Crippen LogP contribution >= 0.6 is 0 Å². The largest absolute Gasteiger partial charge is 0.299 e. The maximum absolute atomic E-state index is 10.6. The van der Waals surface area contributed by atoms with Crippen molar-refractivity contribution in [1.82, 2.24) is 0 Å². The van der Waals surface area contributed by atoms with Gasteiger partial charge >= 0.3 is 0 Å². The highest BCUT2D eigenvalue weighted by Gasteiger charge is 1.92. The average molecular weight is 250 g/mol. The lowest BCUT2D eigenvalue weighted by molar-refractivity contribution is -0.105. The van der Waals surface area contributed by atoms with E-state index in [1.165, 1.54) is 38.5 Å². The number of unbranched alkanes of at least 4 members (excludes halogenated alkanes) is 7. The summed E-state index contributed by atoms with van der Waals surface area (Å²) in [4.78, 5) is 20.6. The standard InChI is InChI=1S/C16H26O2/c1-2-16(15-18)13-11-9-7-5-3-4-6-8-10-12-14-17/h10,12-15H,2-9,11H2,1H3. The predicted molar refractivity (Wildman–Crippen MR) is 76.6 cm³/mol. The zero-order valence-electron chi connectivity index (χ0n) is 11.6. The smallest absolute Gasteiger partial charge is 0.145 e. The molecule has 0 aromatic carbocycles. The molecule has 0 aliphatic carbocycles. The summed E-state index contributed by atoms with van der Waals surface area (Å²) >= 11 is 0. The third kappa shape index (κ3) is 11.3. The summed E-state index contributed by atoms with van der Waals surface area (Å²) < 4.78 is 0. The van der Waals surface area contributed by atoms with E-state index in [2.05, 4.69) is 6.08 Å². The quantitative estimate of drug-likeness (QED) is 0.292. The fourth-order valence-corrected chi connectivity index (χ4v) is 1.83. The van der Waals surface area contributed by atoms with E-state index >= 15 is 0 Å². The van der Waals surface area contributed by atoms with Crippen molar-refractivity contribution >= 4 is 12.6 Å². The zero-order chi connectivity index (χ0) is 13.5. The Labute approximate surface area is 111 Å². The van der Waals surface area contributed by atoms with Gasteiger partial charge in [0.05, 0.1) is 0 Å². The minimum atomic E-state index is 0.831. The summed E-state index contributed by atoms with van der Waals surface area (Å²) in [6, 6.07) is 0. The van der Waals surface area contributed by atoms with Crippen LogP contribution in [0.4, 0.5) is 0 Å². The van der Waals surface area contributed by atoms with Gasteiger partial charge in [0.15, 0.2) is 0 Å². The Bertz CT molecular complexity index is 264. The zero-order valence-corrected chi connectivity index (χ0v) is 11.6. The fraction of sp³-hybridized carbons (Fsp3) is 0.625. The van der Waals surface area contributed by atoms with Gasteiger partial charge in [-0.3, -0.25) is 9.59 Å². The van der Waals surface area contributed by atoms with Gasteiger partial charge in [-0.15, -0.1) is 0 Å². The van der Waals surface area contributed by atoms with Crippen molar-refractivity contribution in [1.29, 1.82) is 0 Å². The van der Waals surface area contributed by atoms with Crippen LogP contribution < -0.4 is 0 Å². The lowest BCUT2D eigenvalue weighted by Crippen LogP contribution is -1.83. The Morgan fingerprint density at radius 2 is 1.50 bits per heavy atom. The summed E-state index contributed by atoms with van der Waals surface area (Å²) in [5.41, 5.74) is 0.928. The number of allylic oxidation sites excluding steroid dienone is 4. The van der Waals surface area contributed by atoms with Crippen molar-refractivity contribution in [2.75, 3.05) is 0 Å². The second-order valence-electron chi connectivity index (χ2n) is 4.51. The van der Waals surface area contributed by atoms with E-state index in [0.717, 1.165) is 37.4 Å². The van der Waals surface area contributed by atoms with Crippen LogP contribution in [0.15, 0.2) is 23.8 Å². The molecule has 2 heteroatoms. The Morgan fingerprint density at radius 1 is 0.889 bits per heavy atom. The van der Waals surface area contributed by atoms with Gasteiger partial charge in [-0.2, -0.15) is 0 Å². The van der Waals surface area contributed by atoms with Crippen molar-refractivity contribution in [2.45, 2.75) is 64.7 Å². The highest BCUT2D eigenvalue weighted by atomic mass is 16.1. The topological polar surface area (TPSA) is 34.1 Å². The second kappa shape index (κ2) is 13.9. The molecule has 0 aliphatic rings. The SMILES string of the molecule is CCC(C=O)=CCCCCCCCCC=CC=O. The first-order valence-electron chi connectivity index (χ1n) is 7.09. The molecule has 0 heterocycles. The van der Waals surface area contributed by atoms with E-state index in [-0.39, 0.29) is 0 Å². The summed E-state index contributed by atoms with van der Waals surface area (Å²) in [5, 5.41) is 0. The van der Waals surface area contributed by atoms with E-state index in [0.29, 0.717) is 0 Å². The predicted octanol–water partition coefficient (Wildman–Crippen LogP) is 4.40. The van der Waals surface area contributed by atoms with Crippen LogP contribution in [-0.4, -0.2) is 12.6 Å². The van der Waals surface area contributed by atoms with Gasteiger partial charge in [0, 0.05) is 0 Å². The van der Waals surface area contributed by atoms with Crippen LogP contribution in [0.25, 0.3) is 0 Å². The van der Waals surface area contributed by atoms with Crippen molar-refractivity contribution in [2.24, 2.45) is 0 Å². The molecule has 2 nitrogen and oxygen atoms in total. The lowest BCUT2D eigenvalue weighted by atomic mass is 10.1.